The van der Waals surface area contributed by atoms with Crippen LogP contribution in [0.1, 0.15) is 30.6 Å². The van der Waals surface area contributed by atoms with Gasteiger partial charge in [-0.2, -0.15) is 0 Å². The normalized spacial score (nSPS) is 11.5. The molecule has 0 saturated heterocycles. The molecule has 0 aliphatic rings. The first kappa shape index (κ1) is 16.4. The van der Waals surface area contributed by atoms with E-state index in [2.05, 4.69) is 10.6 Å². The number of carbonyl (C=O) groups excluding carboxylic acids is 2. The maximum atomic E-state index is 12.2. The molecular weight excluding hydrogens is 276 g/mol. The lowest BCUT2D eigenvalue weighted by atomic mass is 10.1. The molecule has 1 atom stereocenters. The minimum absolute atomic E-state index is 0.00277. The number of nitro groups is 1. The smallest absolute Gasteiger partial charge is 0.293 e. The first-order valence-corrected chi connectivity index (χ1v) is 6.47. The van der Waals surface area contributed by atoms with Crippen molar-refractivity contribution in [3.05, 3.63) is 33.9 Å². The average Bonchev–Trinajstić information content (AvgIpc) is 2.37. The number of nitrogens with zero attached hydrogens (tertiary/aromatic N) is 1. The summed E-state index contributed by atoms with van der Waals surface area (Å²) in [5, 5.41) is 16.4. The Hall–Kier alpha value is -2.64. The van der Waals surface area contributed by atoms with Gasteiger partial charge in [-0.05, 0) is 19.9 Å². The van der Waals surface area contributed by atoms with Crippen molar-refractivity contribution in [2.24, 2.45) is 5.73 Å². The van der Waals surface area contributed by atoms with Gasteiger partial charge in [-0.25, -0.2) is 0 Å². The zero-order valence-corrected chi connectivity index (χ0v) is 11.9. The molecule has 0 saturated carbocycles. The van der Waals surface area contributed by atoms with Gasteiger partial charge in [0.05, 0.1) is 10.5 Å². The molecule has 0 aromatic heterocycles. The monoisotopic (exact) mass is 294 g/mol. The number of hydrogen-bond donors (Lipinski definition) is 3. The van der Waals surface area contributed by atoms with Gasteiger partial charge in [0.25, 0.3) is 11.6 Å². The number of nitrogens with two attached hydrogens (primary N) is 1. The summed E-state index contributed by atoms with van der Waals surface area (Å²) < 4.78 is 0. The van der Waals surface area contributed by atoms with E-state index in [1.54, 1.807) is 13.8 Å². The highest BCUT2D eigenvalue weighted by atomic mass is 16.6. The summed E-state index contributed by atoms with van der Waals surface area (Å²) in [4.78, 5) is 33.4. The lowest BCUT2D eigenvalue weighted by Crippen LogP contribution is -2.36. The highest BCUT2D eigenvalue weighted by Gasteiger charge is 2.22. The second kappa shape index (κ2) is 7.22. The van der Waals surface area contributed by atoms with Gasteiger partial charge in [0.2, 0.25) is 5.91 Å². The Balaban J connectivity index is 3.05. The molecule has 0 spiro atoms. The predicted octanol–water partition coefficient (Wildman–Crippen LogP) is 1.02. The van der Waals surface area contributed by atoms with Crippen LogP contribution < -0.4 is 16.4 Å². The second-order valence-corrected chi connectivity index (χ2v) is 4.53. The van der Waals surface area contributed by atoms with Crippen LogP contribution in [0.25, 0.3) is 0 Å². The van der Waals surface area contributed by atoms with Crippen molar-refractivity contribution in [1.29, 1.82) is 0 Å². The molecule has 8 nitrogen and oxygen atoms in total. The summed E-state index contributed by atoms with van der Waals surface area (Å²) in [7, 11) is 0. The molecule has 1 unspecified atom stereocenters. The fraction of sp³-hybridized carbons (Fsp3) is 0.385. The largest absolute Gasteiger partial charge is 0.379 e. The minimum atomic E-state index is -0.554. The van der Waals surface area contributed by atoms with Gasteiger partial charge in [0, 0.05) is 25.1 Å². The van der Waals surface area contributed by atoms with E-state index < -0.39 is 22.8 Å². The number of para-hydroxylation sites is 1. The number of benzene rings is 1. The van der Waals surface area contributed by atoms with Gasteiger partial charge >= 0.3 is 0 Å². The van der Waals surface area contributed by atoms with E-state index in [1.165, 1.54) is 18.2 Å². The maximum absolute atomic E-state index is 12.2. The second-order valence-electron chi connectivity index (χ2n) is 4.53. The molecule has 1 aromatic rings. The van der Waals surface area contributed by atoms with E-state index in [-0.39, 0.29) is 23.4 Å². The Morgan fingerprint density at radius 3 is 2.62 bits per heavy atom. The van der Waals surface area contributed by atoms with Crippen molar-refractivity contribution in [1.82, 2.24) is 5.32 Å². The van der Waals surface area contributed by atoms with Crippen molar-refractivity contribution in [2.75, 3.05) is 11.9 Å². The van der Waals surface area contributed by atoms with Gasteiger partial charge in [-0.15, -0.1) is 0 Å². The van der Waals surface area contributed by atoms with Crippen molar-refractivity contribution in [2.45, 2.75) is 26.3 Å². The minimum Gasteiger partial charge on any atom is -0.379 e. The standard InChI is InChI=1S/C13H18N4O4/c1-3-15-12-9(5-4-6-10(12)17(20)21)13(19)16-8(2)7-11(14)18/h4-6,8,15H,3,7H2,1-2H3,(H2,14,18)(H,16,19). The fourth-order valence-electron chi connectivity index (χ4n) is 1.90. The zero-order valence-electron chi connectivity index (χ0n) is 11.9. The molecular formula is C13H18N4O4. The summed E-state index contributed by atoms with van der Waals surface area (Å²) >= 11 is 0. The Labute approximate surface area is 121 Å². The molecule has 0 bridgehead atoms. The quantitative estimate of drug-likeness (QED) is 0.511. The lowest BCUT2D eigenvalue weighted by molar-refractivity contribution is -0.384. The fourth-order valence-corrected chi connectivity index (χ4v) is 1.90. The van der Waals surface area contributed by atoms with E-state index in [0.717, 1.165) is 0 Å². The van der Waals surface area contributed by atoms with Crippen LogP contribution in [0.2, 0.25) is 0 Å². The summed E-state index contributed by atoms with van der Waals surface area (Å²) in [5.41, 5.74) is 5.20. The Bertz CT molecular complexity index is 559. The number of amides is 2. The first-order valence-electron chi connectivity index (χ1n) is 6.47. The lowest BCUT2D eigenvalue weighted by Gasteiger charge is -2.15. The number of nitrogens with one attached hydrogen (secondary N) is 2. The van der Waals surface area contributed by atoms with Crippen LogP contribution in [0.15, 0.2) is 18.2 Å². The number of anilines is 1. The SMILES string of the molecule is CCNc1c(C(=O)NC(C)CC(N)=O)cccc1[N+](=O)[O-]. The van der Waals surface area contributed by atoms with E-state index in [9.17, 15) is 19.7 Å². The van der Waals surface area contributed by atoms with E-state index in [4.69, 9.17) is 5.73 Å². The number of rotatable bonds is 7. The Kier molecular flexibility index (Phi) is 5.65. The van der Waals surface area contributed by atoms with Crippen molar-refractivity contribution >= 4 is 23.2 Å². The highest BCUT2D eigenvalue weighted by Crippen LogP contribution is 2.28. The first-order chi connectivity index (χ1) is 9.86. The van der Waals surface area contributed by atoms with Crippen molar-refractivity contribution < 1.29 is 14.5 Å². The molecule has 0 aliphatic heterocycles. The van der Waals surface area contributed by atoms with Crippen LogP contribution in [0.5, 0.6) is 0 Å². The van der Waals surface area contributed by atoms with E-state index in [1.807, 2.05) is 0 Å². The molecule has 0 aliphatic carbocycles. The van der Waals surface area contributed by atoms with Crippen molar-refractivity contribution in [3.63, 3.8) is 0 Å². The van der Waals surface area contributed by atoms with E-state index in [0.29, 0.717) is 6.54 Å². The Morgan fingerprint density at radius 1 is 1.43 bits per heavy atom. The average molecular weight is 294 g/mol. The molecule has 114 valence electrons. The Morgan fingerprint density at radius 2 is 2.10 bits per heavy atom. The number of primary amides is 1. The van der Waals surface area contributed by atoms with Gasteiger partial charge in [-0.3, -0.25) is 19.7 Å². The molecule has 21 heavy (non-hydrogen) atoms. The van der Waals surface area contributed by atoms with Crippen LogP contribution in [-0.4, -0.2) is 29.3 Å². The van der Waals surface area contributed by atoms with Crippen LogP contribution in [0.4, 0.5) is 11.4 Å². The molecule has 1 rings (SSSR count). The number of carbonyl (C=O) groups is 2. The third-order valence-electron chi connectivity index (χ3n) is 2.72. The molecule has 8 heteroatoms. The predicted molar refractivity (Wildman–Crippen MR) is 78.0 cm³/mol. The van der Waals surface area contributed by atoms with Crippen LogP contribution >= 0.6 is 0 Å². The summed E-state index contributed by atoms with van der Waals surface area (Å²) in [6, 6.07) is 3.79. The van der Waals surface area contributed by atoms with Crippen LogP contribution in [0.3, 0.4) is 0 Å². The number of hydrogen-bond acceptors (Lipinski definition) is 5. The molecule has 0 radical (unpaired) electrons. The summed E-state index contributed by atoms with van der Waals surface area (Å²) in [5.74, 6) is -1.03. The van der Waals surface area contributed by atoms with Crippen LogP contribution in [0, 0.1) is 10.1 Å². The molecule has 2 amide bonds. The third kappa shape index (κ3) is 4.44. The summed E-state index contributed by atoms with van der Waals surface area (Å²) in [6.45, 7) is 3.84. The van der Waals surface area contributed by atoms with Gasteiger partial charge in [0.15, 0.2) is 0 Å². The third-order valence-corrected chi connectivity index (χ3v) is 2.72. The molecule has 0 fully saturated rings. The maximum Gasteiger partial charge on any atom is 0.293 e. The number of nitro benzene ring substituents is 1. The van der Waals surface area contributed by atoms with Gasteiger partial charge < -0.3 is 16.4 Å². The van der Waals surface area contributed by atoms with Gasteiger partial charge in [-0.1, -0.05) is 6.07 Å². The topological polar surface area (TPSA) is 127 Å². The van der Waals surface area contributed by atoms with Crippen LogP contribution in [-0.2, 0) is 4.79 Å². The molecule has 1 aromatic carbocycles. The van der Waals surface area contributed by atoms with E-state index >= 15 is 0 Å². The zero-order chi connectivity index (χ0) is 16.0. The molecule has 4 N–H and O–H groups in total. The summed E-state index contributed by atoms with van der Waals surface area (Å²) in [6.07, 6.45) is -0.00277. The highest BCUT2D eigenvalue weighted by molar-refractivity contribution is 6.01. The van der Waals surface area contributed by atoms with Gasteiger partial charge in [0.1, 0.15) is 5.69 Å². The molecule has 0 heterocycles. The van der Waals surface area contributed by atoms with Crippen molar-refractivity contribution in [3.8, 4) is 0 Å².